The fourth-order valence-corrected chi connectivity index (χ4v) is 3.19. The third kappa shape index (κ3) is 3.46. The molecule has 3 atom stereocenters. The molecule has 0 saturated heterocycles. The smallest absolute Gasteiger partial charge is 0.0251 e. The van der Waals surface area contributed by atoms with Crippen LogP contribution in [0.25, 0.3) is 0 Å². The molecule has 1 aliphatic rings. The first-order valence-electron chi connectivity index (χ1n) is 7.18. The van der Waals surface area contributed by atoms with E-state index in [1.54, 1.807) is 0 Å². The normalized spacial score (nSPS) is 30.9. The number of nitrogens with zero attached hydrogens (tertiary/aromatic N) is 1. The van der Waals surface area contributed by atoms with Gasteiger partial charge in [0.2, 0.25) is 0 Å². The lowest BCUT2D eigenvalue weighted by molar-refractivity contribution is 0.103. The fourth-order valence-electron chi connectivity index (χ4n) is 3.19. The van der Waals surface area contributed by atoms with Crippen LogP contribution in [0.4, 0.5) is 0 Å². The zero-order chi connectivity index (χ0) is 12.0. The highest BCUT2D eigenvalue weighted by Crippen LogP contribution is 2.30. The summed E-state index contributed by atoms with van der Waals surface area (Å²) >= 11 is 0. The Morgan fingerprint density at radius 1 is 1.19 bits per heavy atom. The maximum Gasteiger partial charge on any atom is 0.0251 e. The molecule has 1 fully saturated rings. The molecule has 1 saturated carbocycles. The van der Waals surface area contributed by atoms with Gasteiger partial charge in [0.15, 0.2) is 0 Å². The standard InChI is InChI=1S/C14H30N2/c1-5-10-16(7-3)14-11-12(6-2)8-9-13(14)15-4/h12-15H,5-11H2,1-4H3. The van der Waals surface area contributed by atoms with E-state index in [-0.39, 0.29) is 0 Å². The highest BCUT2D eigenvalue weighted by atomic mass is 15.2. The Labute approximate surface area is 102 Å². The molecule has 1 rings (SSSR count). The topological polar surface area (TPSA) is 15.3 Å². The Balaban J connectivity index is 2.61. The highest BCUT2D eigenvalue weighted by molar-refractivity contribution is 4.90. The van der Waals surface area contributed by atoms with Crippen LogP contribution in [0.2, 0.25) is 0 Å². The molecular weight excluding hydrogens is 196 g/mol. The van der Waals surface area contributed by atoms with Gasteiger partial charge in [0.25, 0.3) is 0 Å². The van der Waals surface area contributed by atoms with Gasteiger partial charge in [0, 0.05) is 12.1 Å². The average Bonchev–Trinajstić information content (AvgIpc) is 2.35. The molecule has 0 bridgehead atoms. The molecule has 1 aliphatic carbocycles. The minimum Gasteiger partial charge on any atom is -0.315 e. The van der Waals surface area contributed by atoms with Gasteiger partial charge in [0.05, 0.1) is 0 Å². The van der Waals surface area contributed by atoms with Crippen molar-refractivity contribution in [2.24, 2.45) is 5.92 Å². The molecule has 0 aliphatic heterocycles. The summed E-state index contributed by atoms with van der Waals surface area (Å²) in [5.74, 6) is 0.959. The largest absolute Gasteiger partial charge is 0.315 e. The fraction of sp³-hybridized carbons (Fsp3) is 1.00. The summed E-state index contributed by atoms with van der Waals surface area (Å²) < 4.78 is 0. The van der Waals surface area contributed by atoms with Gasteiger partial charge >= 0.3 is 0 Å². The van der Waals surface area contributed by atoms with E-state index in [9.17, 15) is 0 Å². The Morgan fingerprint density at radius 2 is 1.94 bits per heavy atom. The molecule has 0 aromatic rings. The molecule has 2 nitrogen and oxygen atoms in total. The van der Waals surface area contributed by atoms with Gasteiger partial charge < -0.3 is 5.32 Å². The van der Waals surface area contributed by atoms with Crippen LogP contribution in [-0.2, 0) is 0 Å². The molecule has 3 unspecified atom stereocenters. The number of hydrogen-bond donors (Lipinski definition) is 1. The zero-order valence-corrected chi connectivity index (χ0v) is 11.6. The number of nitrogens with one attached hydrogen (secondary N) is 1. The SMILES string of the molecule is CCCN(CC)C1CC(CC)CCC1NC. The van der Waals surface area contributed by atoms with Crippen LogP contribution in [0.15, 0.2) is 0 Å². The van der Waals surface area contributed by atoms with Crippen molar-refractivity contribution in [1.29, 1.82) is 0 Å². The molecule has 96 valence electrons. The van der Waals surface area contributed by atoms with Gasteiger partial charge in [-0.05, 0) is 51.7 Å². The van der Waals surface area contributed by atoms with Gasteiger partial charge in [0.1, 0.15) is 0 Å². The molecule has 1 N–H and O–H groups in total. The minimum atomic E-state index is 0.717. The van der Waals surface area contributed by atoms with Crippen LogP contribution < -0.4 is 5.32 Å². The minimum absolute atomic E-state index is 0.717. The molecule has 0 radical (unpaired) electrons. The first kappa shape index (κ1) is 14.0. The first-order valence-corrected chi connectivity index (χ1v) is 7.18. The van der Waals surface area contributed by atoms with Gasteiger partial charge in [-0.25, -0.2) is 0 Å². The molecular formula is C14H30N2. The number of rotatable bonds is 6. The van der Waals surface area contributed by atoms with E-state index >= 15 is 0 Å². The molecule has 2 heteroatoms. The maximum atomic E-state index is 3.53. The van der Waals surface area contributed by atoms with E-state index in [0.29, 0.717) is 6.04 Å². The highest BCUT2D eigenvalue weighted by Gasteiger charge is 2.31. The molecule has 0 spiro atoms. The van der Waals surface area contributed by atoms with Crippen LogP contribution >= 0.6 is 0 Å². The lowest BCUT2D eigenvalue weighted by Gasteiger charge is -2.42. The van der Waals surface area contributed by atoms with Crippen molar-refractivity contribution in [3.8, 4) is 0 Å². The monoisotopic (exact) mass is 226 g/mol. The average molecular weight is 226 g/mol. The molecule has 0 aromatic heterocycles. The van der Waals surface area contributed by atoms with Gasteiger partial charge in [-0.1, -0.05) is 27.2 Å². The predicted molar refractivity (Wildman–Crippen MR) is 71.8 cm³/mol. The summed E-state index contributed by atoms with van der Waals surface area (Å²) in [5.41, 5.74) is 0. The Hall–Kier alpha value is -0.0800. The van der Waals surface area contributed by atoms with Crippen LogP contribution in [0.1, 0.15) is 52.9 Å². The summed E-state index contributed by atoms with van der Waals surface area (Å²) in [5, 5.41) is 3.53. The third-order valence-corrected chi connectivity index (χ3v) is 4.26. The second-order valence-corrected chi connectivity index (χ2v) is 5.18. The summed E-state index contributed by atoms with van der Waals surface area (Å²) in [7, 11) is 2.13. The van der Waals surface area contributed by atoms with E-state index in [2.05, 4.69) is 38.0 Å². The van der Waals surface area contributed by atoms with E-state index < -0.39 is 0 Å². The van der Waals surface area contributed by atoms with Crippen molar-refractivity contribution in [2.45, 2.75) is 65.0 Å². The molecule has 16 heavy (non-hydrogen) atoms. The van der Waals surface area contributed by atoms with Gasteiger partial charge in [-0.15, -0.1) is 0 Å². The van der Waals surface area contributed by atoms with Crippen molar-refractivity contribution in [3.63, 3.8) is 0 Å². The van der Waals surface area contributed by atoms with E-state index in [1.807, 2.05) is 0 Å². The molecule has 0 aromatic carbocycles. The summed E-state index contributed by atoms with van der Waals surface area (Å²) in [6.45, 7) is 9.40. The number of likely N-dealkylation sites (N-methyl/N-ethyl adjacent to an activating group) is 2. The van der Waals surface area contributed by atoms with Crippen LogP contribution in [0.3, 0.4) is 0 Å². The van der Waals surface area contributed by atoms with Gasteiger partial charge in [-0.3, -0.25) is 4.90 Å². The Kier molecular flexibility index (Phi) is 6.37. The van der Waals surface area contributed by atoms with Crippen molar-refractivity contribution in [3.05, 3.63) is 0 Å². The maximum absolute atomic E-state index is 3.53. The quantitative estimate of drug-likeness (QED) is 0.749. The van der Waals surface area contributed by atoms with Crippen molar-refractivity contribution in [2.75, 3.05) is 20.1 Å². The van der Waals surface area contributed by atoms with Crippen LogP contribution in [-0.4, -0.2) is 37.1 Å². The number of hydrogen-bond acceptors (Lipinski definition) is 2. The molecule has 0 heterocycles. The van der Waals surface area contributed by atoms with Crippen molar-refractivity contribution in [1.82, 2.24) is 10.2 Å². The summed E-state index contributed by atoms with van der Waals surface area (Å²) in [6.07, 6.45) is 6.81. The van der Waals surface area contributed by atoms with E-state index in [4.69, 9.17) is 0 Å². The van der Waals surface area contributed by atoms with Crippen molar-refractivity contribution >= 4 is 0 Å². The Morgan fingerprint density at radius 3 is 2.44 bits per heavy atom. The Bertz CT molecular complexity index is 182. The van der Waals surface area contributed by atoms with Crippen LogP contribution in [0.5, 0.6) is 0 Å². The molecule has 0 amide bonds. The summed E-state index contributed by atoms with van der Waals surface area (Å²) in [4.78, 5) is 2.68. The van der Waals surface area contributed by atoms with Gasteiger partial charge in [-0.2, -0.15) is 0 Å². The van der Waals surface area contributed by atoms with Crippen molar-refractivity contribution < 1.29 is 0 Å². The van der Waals surface area contributed by atoms with Crippen LogP contribution in [0, 0.1) is 5.92 Å². The lowest BCUT2D eigenvalue weighted by Crippen LogP contribution is -2.52. The second kappa shape index (κ2) is 7.29. The first-order chi connectivity index (χ1) is 7.76. The summed E-state index contributed by atoms with van der Waals surface area (Å²) in [6, 6.07) is 1.49. The van der Waals surface area contributed by atoms with E-state index in [1.165, 1.54) is 45.2 Å². The zero-order valence-electron chi connectivity index (χ0n) is 11.6. The second-order valence-electron chi connectivity index (χ2n) is 5.18. The third-order valence-electron chi connectivity index (χ3n) is 4.26. The lowest BCUT2D eigenvalue weighted by atomic mass is 9.80. The predicted octanol–water partition coefficient (Wildman–Crippen LogP) is 2.89. The van der Waals surface area contributed by atoms with E-state index in [0.717, 1.165) is 12.0 Å².